The van der Waals surface area contributed by atoms with Crippen LogP contribution in [0.1, 0.15) is 0 Å². The van der Waals surface area contributed by atoms with Crippen molar-refractivity contribution in [3.8, 4) is 22.3 Å². The summed E-state index contributed by atoms with van der Waals surface area (Å²) in [6.45, 7) is 0. The number of rotatable bonds is 2. The summed E-state index contributed by atoms with van der Waals surface area (Å²) in [6.07, 6.45) is 0. The monoisotopic (exact) mass is 650 g/mol. The first kappa shape index (κ1) is 27.0. The molecule has 0 spiro atoms. The van der Waals surface area contributed by atoms with Gasteiger partial charge in [0.25, 0.3) is 0 Å². The molecule has 0 unspecified atom stereocenters. The van der Waals surface area contributed by atoms with Crippen molar-refractivity contribution in [1.82, 2.24) is 0 Å². The second-order valence-electron chi connectivity index (χ2n) is 13.6. The number of benzene rings is 9. The van der Waals surface area contributed by atoms with Crippen molar-refractivity contribution >= 4 is 98.1 Å². The molecule has 3 aromatic heterocycles. The molecule has 3 heterocycles. The maximum absolute atomic E-state index is 6.51. The Balaban J connectivity index is 1.09. The van der Waals surface area contributed by atoms with Crippen LogP contribution in [0.2, 0.25) is 0 Å². The Morgan fingerprint density at radius 2 is 0.608 bits per heavy atom. The highest BCUT2D eigenvalue weighted by molar-refractivity contribution is 6.23. The predicted molar refractivity (Wildman–Crippen MR) is 212 cm³/mol. The van der Waals surface area contributed by atoms with Crippen molar-refractivity contribution in [3.05, 3.63) is 158 Å². The van der Waals surface area contributed by atoms with Crippen molar-refractivity contribution in [1.29, 1.82) is 0 Å². The van der Waals surface area contributed by atoms with Crippen LogP contribution in [-0.2, 0) is 0 Å². The lowest BCUT2D eigenvalue weighted by Crippen LogP contribution is -1.90. The van der Waals surface area contributed by atoms with Crippen LogP contribution in [0.3, 0.4) is 0 Å². The zero-order valence-corrected chi connectivity index (χ0v) is 27.2. The summed E-state index contributed by atoms with van der Waals surface area (Å²) in [6, 6.07) is 56.1. The molecule has 0 atom stereocenters. The smallest absolute Gasteiger partial charge is 0.136 e. The number of fused-ring (bicyclic) bond motifs is 12. The van der Waals surface area contributed by atoms with Gasteiger partial charge in [0.15, 0.2) is 0 Å². The van der Waals surface area contributed by atoms with Crippen molar-refractivity contribution in [2.24, 2.45) is 0 Å². The van der Waals surface area contributed by atoms with Crippen molar-refractivity contribution in [2.45, 2.75) is 0 Å². The average Bonchev–Trinajstić information content (AvgIpc) is 3.85. The quantitative estimate of drug-likeness (QED) is 0.175. The van der Waals surface area contributed by atoms with Crippen LogP contribution < -0.4 is 0 Å². The van der Waals surface area contributed by atoms with Gasteiger partial charge in [-0.25, -0.2) is 0 Å². The Morgan fingerprint density at radius 3 is 1.18 bits per heavy atom. The van der Waals surface area contributed by atoms with E-state index in [-0.39, 0.29) is 0 Å². The normalized spacial score (nSPS) is 12.3. The molecular formula is C48H26O3. The van der Waals surface area contributed by atoms with Crippen LogP contribution in [0.25, 0.3) is 120 Å². The minimum absolute atomic E-state index is 0.877. The SMILES string of the molecule is c1ccc2c(c1)oc1cc(-c3c4ccccc4c(-c4ccc5oc6cc7cc8c(cc7cc6c5c4)oc4ccccc48)c4ccccc34)ccc12. The molecule has 3 heteroatoms. The van der Waals surface area contributed by atoms with Gasteiger partial charge in [0.05, 0.1) is 0 Å². The molecule has 0 aliphatic carbocycles. The molecule has 51 heavy (non-hydrogen) atoms. The maximum Gasteiger partial charge on any atom is 0.136 e. The molecular weight excluding hydrogens is 625 g/mol. The number of hydrogen-bond donors (Lipinski definition) is 0. The minimum atomic E-state index is 0.877. The predicted octanol–water partition coefficient (Wildman–Crippen LogP) is 14.2. The third kappa shape index (κ3) is 3.78. The van der Waals surface area contributed by atoms with Gasteiger partial charge in [0.1, 0.15) is 33.5 Å². The van der Waals surface area contributed by atoms with Crippen molar-refractivity contribution in [3.63, 3.8) is 0 Å². The Morgan fingerprint density at radius 1 is 0.235 bits per heavy atom. The summed E-state index contributed by atoms with van der Waals surface area (Å²) in [7, 11) is 0. The first-order chi connectivity index (χ1) is 25.2. The molecule has 0 bridgehead atoms. The molecule has 9 aromatic carbocycles. The standard InChI is InChI=1S/C48H26O3/c1-3-13-36-34(11-1)47(35-12-2-4-14-37(35)48(36)28-17-19-33-31-9-5-7-15-41(31)49-44(33)24-28)27-18-20-43-39(21-27)40-23-30-25-45-38(22-29(30)26-46(40)51-43)32-10-6-8-16-42(32)50-45/h1-26H. The van der Waals surface area contributed by atoms with E-state index in [0.717, 1.165) is 87.7 Å². The highest BCUT2D eigenvalue weighted by atomic mass is 16.3. The Labute approximate surface area is 290 Å². The van der Waals surface area contributed by atoms with E-state index in [0.29, 0.717) is 0 Å². The molecule has 0 aliphatic rings. The van der Waals surface area contributed by atoms with Crippen LogP contribution in [0.5, 0.6) is 0 Å². The van der Waals surface area contributed by atoms with Gasteiger partial charge < -0.3 is 13.3 Å². The first-order valence-electron chi connectivity index (χ1n) is 17.3. The molecule has 0 amide bonds. The fourth-order valence-corrected chi connectivity index (χ4v) is 8.53. The number of para-hydroxylation sites is 2. The van der Waals surface area contributed by atoms with Gasteiger partial charge in [-0.1, -0.05) is 97.1 Å². The van der Waals surface area contributed by atoms with Crippen LogP contribution in [-0.4, -0.2) is 0 Å². The van der Waals surface area contributed by atoms with Crippen molar-refractivity contribution in [2.75, 3.05) is 0 Å². The maximum atomic E-state index is 6.51. The Kier molecular flexibility index (Phi) is 5.23. The largest absolute Gasteiger partial charge is 0.456 e. The van der Waals surface area contributed by atoms with Gasteiger partial charge in [0, 0.05) is 32.3 Å². The van der Waals surface area contributed by atoms with E-state index in [9.17, 15) is 0 Å². The zero-order chi connectivity index (χ0) is 33.2. The summed E-state index contributed by atoms with van der Waals surface area (Å²) in [4.78, 5) is 0. The van der Waals surface area contributed by atoms with Gasteiger partial charge in [-0.05, 0) is 115 Å². The summed E-state index contributed by atoms with van der Waals surface area (Å²) < 4.78 is 19.1. The minimum Gasteiger partial charge on any atom is -0.456 e. The molecule has 0 fully saturated rings. The molecule has 0 saturated heterocycles. The first-order valence-corrected chi connectivity index (χ1v) is 17.3. The molecule has 12 aromatic rings. The third-order valence-corrected chi connectivity index (χ3v) is 10.8. The summed E-state index contributed by atoms with van der Waals surface area (Å²) >= 11 is 0. The lowest BCUT2D eigenvalue weighted by molar-refractivity contribution is 0.668. The molecule has 3 nitrogen and oxygen atoms in total. The summed E-state index contributed by atoms with van der Waals surface area (Å²) in [5.74, 6) is 0. The highest BCUT2D eigenvalue weighted by Gasteiger charge is 2.19. The second-order valence-corrected chi connectivity index (χ2v) is 13.6. The van der Waals surface area contributed by atoms with E-state index in [1.165, 1.54) is 32.7 Å². The molecule has 12 rings (SSSR count). The third-order valence-electron chi connectivity index (χ3n) is 10.8. The van der Waals surface area contributed by atoms with Crippen LogP contribution in [0.15, 0.2) is 171 Å². The van der Waals surface area contributed by atoms with Gasteiger partial charge in [-0.3, -0.25) is 0 Å². The summed E-state index contributed by atoms with van der Waals surface area (Å²) in [5.41, 5.74) is 10.1. The van der Waals surface area contributed by atoms with E-state index < -0.39 is 0 Å². The fourth-order valence-electron chi connectivity index (χ4n) is 8.53. The Bertz CT molecular complexity index is 3370. The van der Waals surface area contributed by atoms with Gasteiger partial charge >= 0.3 is 0 Å². The van der Waals surface area contributed by atoms with Gasteiger partial charge in [-0.2, -0.15) is 0 Å². The van der Waals surface area contributed by atoms with Crippen LogP contribution in [0, 0.1) is 0 Å². The topological polar surface area (TPSA) is 39.4 Å². The van der Waals surface area contributed by atoms with E-state index in [1.807, 2.05) is 24.3 Å². The van der Waals surface area contributed by atoms with E-state index in [4.69, 9.17) is 13.3 Å². The lowest BCUT2D eigenvalue weighted by atomic mass is 9.85. The Hall–Kier alpha value is -6.84. The van der Waals surface area contributed by atoms with E-state index in [1.54, 1.807) is 0 Å². The fraction of sp³-hybridized carbons (Fsp3) is 0. The van der Waals surface area contributed by atoms with E-state index >= 15 is 0 Å². The van der Waals surface area contributed by atoms with E-state index in [2.05, 4.69) is 133 Å². The average molecular weight is 651 g/mol. The van der Waals surface area contributed by atoms with Crippen LogP contribution >= 0.6 is 0 Å². The zero-order valence-electron chi connectivity index (χ0n) is 27.2. The highest BCUT2D eigenvalue weighted by Crippen LogP contribution is 2.46. The molecule has 0 N–H and O–H groups in total. The molecule has 236 valence electrons. The number of furan rings is 3. The summed E-state index contributed by atoms with van der Waals surface area (Å²) in [5, 5.41) is 13.8. The van der Waals surface area contributed by atoms with Gasteiger partial charge in [0.2, 0.25) is 0 Å². The molecule has 0 aliphatic heterocycles. The molecule has 0 radical (unpaired) electrons. The number of hydrogen-bond acceptors (Lipinski definition) is 3. The molecule has 0 saturated carbocycles. The van der Waals surface area contributed by atoms with Crippen molar-refractivity contribution < 1.29 is 13.3 Å². The lowest BCUT2D eigenvalue weighted by Gasteiger charge is -2.17. The van der Waals surface area contributed by atoms with Crippen LogP contribution in [0.4, 0.5) is 0 Å². The van der Waals surface area contributed by atoms with Gasteiger partial charge in [-0.15, -0.1) is 0 Å². The second kappa shape index (κ2) is 9.87.